The van der Waals surface area contributed by atoms with Gasteiger partial charge in [0.05, 0.1) is 13.0 Å². The highest BCUT2D eigenvalue weighted by molar-refractivity contribution is 5.72. The number of nitrogens with zero attached hydrogens (tertiary/aromatic N) is 1. The molecule has 0 aliphatic carbocycles. The summed E-state index contributed by atoms with van der Waals surface area (Å²) >= 11 is 0. The van der Waals surface area contributed by atoms with Gasteiger partial charge in [-0.15, -0.1) is 0 Å². The van der Waals surface area contributed by atoms with E-state index in [0.717, 1.165) is 0 Å². The summed E-state index contributed by atoms with van der Waals surface area (Å²) in [6.07, 6.45) is -1.50. The number of carboxylic acid groups (broad SMARTS) is 1. The lowest BCUT2D eigenvalue weighted by Gasteiger charge is -2.19. The van der Waals surface area contributed by atoms with Gasteiger partial charge in [0.15, 0.2) is 0 Å². The van der Waals surface area contributed by atoms with E-state index in [-0.39, 0.29) is 19.5 Å². The summed E-state index contributed by atoms with van der Waals surface area (Å²) in [6.45, 7) is 5.91. The zero-order valence-electron chi connectivity index (χ0n) is 12.5. The van der Waals surface area contributed by atoms with Gasteiger partial charge in [-0.05, 0) is 20.8 Å². The van der Waals surface area contributed by atoms with Crippen LogP contribution in [0.15, 0.2) is 0 Å². The molecule has 1 heterocycles. The summed E-state index contributed by atoms with van der Waals surface area (Å²) < 4.78 is 10.2. The summed E-state index contributed by atoms with van der Waals surface area (Å²) in [5.74, 6) is -0.469. The van der Waals surface area contributed by atoms with Crippen LogP contribution < -0.4 is 5.32 Å². The van der Waals surface area contributed by atoms with Crippen LogP contribution in [-0.2, 0) is 14.3 Å². The number of hydrogen-bond donors (Lipinski definition) is 2. The first-order valence-electron chi connectivity index (χ1n) is 6.81. The molecule has 1 aliphatic rings. The summed E-state index contributed by atoms with van der Waals surface area (Å²) in [5.41, 5.74) is -0.589. The normalized spacial score (nSPS) is 18.2. The number of hydrogen-bond acceptors (Lipinski definition) is 5. The van der Waals surface area contributed by atoms with E-state index in [1.807, 2.05) is 0 Å². The second-order valence-electron chi connectivity index (χ2n) is 5.81. The molecule has 1 fully saturated rings. The molecule has 1 aliphatic heterocycles. The average Bonchev–Trinajstić information content (AvgIpc) is 2.74. The van der Waals surface area contributed by atoms with E-state index in [2.05, 4.69) is 5.32 Å². The molecule has 8 nitrogen and oxygen atoms in total. The lowest BCUT2D eigenvalue weighted by Crippen LogP contribution is -2.34. The summed E-state index contributed by atoms with van der Waals surface area (Å²) in [4.78, 5) is 34.8. The summed E-state index contributed by atoms with van der Waals surface area (Å²) in [5, 5.41) is 11.2. The fourth-order valence-electron chi connectivity index (χ4n) is 1.82. The first kappa shape index (κ1) is 17.1. The smallest absolute Gasteiger partial charge is 0.407 e. The number of esters is 1. The van der Waals surface area contributed by atoms with Gasteiger partial charge < -0.3 is 24.8 Å². The summed E-state index contributed by atoms with van der Waals surface area (Å²) in [6, 6.07) is 0. The topological polar surface area (TPSA) is 105 Å². The second-order valence-corrected chi connectivity index (χ2v) is 5.81. The third kappa shape index (κ3) is 6.82. The lowest BCUT2D eigenvalue weighted by molar-refractivity contribution is -0.148. The zero-order chi connectivity index (χ0) is 16.0. The van der Waals surface area contributed by atoms with Crippen molar-refractivity contribution in [3.63, 3.8) is 0 Å². The van der Waals surface area contributed by atoms with Crippen LogP contribution in [0.5, 0.6) is 0 Å². The van der Waals surface area contributed by atoms with Crippen molar-refractivity contribution in [3.8, 4) is 0 Å². The first-order chi connectivity index (χ1) is 9.67. The molecule has 1 saturated heterocycles. The van der Waals surface area contributed by atoms with Crippen molar-refractivity contribution in [1.82, 2.24) is 10.2 Å². The fraction of sp³-hybridized carbons (Fsp3) is 0.769. The minimum Gasteiger partial charge on any atom is -0.465 e. The van der Waals surface area contributed by atoms with Gasteiger partial charge in [0.2, 0.25) is 0 Å². The van der Waals surface area contributed by atoms with Gasteiger partial charge in [-0.3, -0.25) is 4.79 Å². The second kappa shape index (κ2) is 7.14. The SMILES string of the molecule is CC(C)(C)OC(=O)NCCC(=O)OC1CCN(C(=O)O)C1. The molecular weight excluding hydrogens is 280 g/mol. The number of alkyl carbamates (subject to hydrolysis) is 1. The molecule has 1 rings (SSSR count). The maximum atomic E-state index is 11.6. The van der Waals surface area contributed by atoms with E-state index in [9.17, 15) is 14.4 Å². The molecule has 0 aromatic carbocycles. The van der Waals surface area contributed by atoms with E-state index in [4.69, 9.17) is 14.6 Å². The van der Waals surface area contributed by atoms with Gasteiger partial charge in [0.25, 0.3) is 0 Å². The number of carbonyl (C=O) groups is 3. The molecule has 1 atom stereocenters. The van der Waals surface area contributed by atoms with Gasteiger partial charge in [-0.25, -0.2) is 9.59 Å². The number of rotatable bonds is 4. The van der Waals surface area contributed by atoms with Gasteiger partial charge in [0, 0.05) is 19.5 Å². The predicted octanol–water partition coefficient (Wildman–Crippen LogP) is 1.20. The van der Waals surface area contributed by atoms with Crippen molar-refractivity contribution in [1.29, 1.82) is 0 Å². The van der Waals surface area contributed by atoms with E-state index < -0.39 is 29.9 Å². The van der Waals surface area contributed by atoms with Crippen LogP contribution in [0.25, 0.3) is 0 Å². The molecular formula is C13H22N2O6. The predicted molar refractivity (Wildman–Crippen MR) is 72.9 cm³/mol. The monoisotopic (exact) mass is 302 g/mol. The maximum absolute atomic E-state index is 11.6. The van der Waals surface area contributed by atoms with Crippen LogP contribution in [0.4, 0.5) is 9.59 Å². The Kier molecular flexibility index (Phi) is 5.80. The minimum absolute atomic E-state index is 0.0167. The Hall–Kier alpha value is -1.99. The van der Waals surface area contributed by atoms with Crippen LogP contribution in [0.2, 0.25) is 0 Å². The van der Waals surface area contributed by atoms with Crippen molar-refractivity contribution in [3.05, 3.63) is 0 Å². The molecule has 2 N–H and O–H groups in total. The lowest BCUT2D eigenvalue weighted by atomic mass is 10.2. The summed E-state index contributed by atoms with van der Waals surface area (Å²) in [7, 11) is 0. The number of likely N-dealkylation sites (tertiary alicyclic amines) is 1. The maximum Gasteiger partial charge on any atom is 0.407 e. The molecule has 0 spiro atoms. The van der Waals surface area contributed by atoms with Crippen LogP contribution in [0.1, 0.15) is 33.6 Å². The number of amides is 2. The van der Waals surface area contributed by atoms with Crippen LogP contribution in [-0.4, -0.2) is 59.5 Å². The Morgan fingerprint density at radius 2 is 2.00 bits per heavy atom. The van der Waals surface area contributed by atoms with Gasteiger partial charge in [0.1, 0.15) is 11.7 Å². The fourth-order valence-corrected chi connectivity index (χ4v) is 1.82. The third-order valence-corrected chi connectivity index (χ3v) is 2.71. The van der Waals surface area contributed by atoms with E-state index in [0.29, 0.717) is 13.0 Å². The minimum atomic E-state index is -1.01. The molecule has 0 radical (unpaired) electrons. The number of ether oxygens (including phenoxy) is 2. The number of carbonyl (C=O) groups excluding carboxylic acids is 2. The zero-order valence-corrected chi connectivity index (χ0v) is 12.5. The highest BCUT2D eigenvalue weighted by atomic mass is 16.6. The highest BCUT2D eigenvalue weighted by Gasteiger charge is 2.28. The Labute approximate surface area is 123 Å². The molecule has 1 unspecified atom stereocenters. The van der Waals surface area contributed by atoms with Crippen LogP contribution >= 0.6 is 0 Å². The van der Waals surface area contributed by atoms with E-state index >= 15 is 0 Å². The van der Waals surface area contributed by atoms with Gasteiger partial charge in [-0.2, -0.15) is 0 Å². The van der Waals surface area contributed by atoms with Gasteiger partial charge in [-0.1, -0.05) is 0 Å². The largest absolute Gasteiger partial charge is 0.465 e. The molecule has 8 heteroatoms. The molecule has 2 amide bonds. The third-order valence-electron chi connectivity index (χ3n) is 2.71. The van der Waals surface area contributed by atoms with Crippen molar-refractivity contribution < 1.29 is 29.0 Å². The number of nitrogens with one attached hydrogen (secondary N) is 1. The standard InChI is InChI=1S/C13H22N2O6/c1-13(2,3)21-11(17)14-6-4-10(16)20-9-5-7-15(8-9)12(18)19/h9H,4-8H2,1-3H3,(H,14,17)(H,18,19). The van der Waals surface area contributed by atoms with Crippen molar-refractivity contribution in [2.75, 3.05) is 19.6 Å². The highest BCUT2D eigenvalue weighted by Crippen LogP contribution is 2.13. The van der Waals surface area contributed by atoms with Gasteiger partial charge >= 0.3 is 18.2 Å². The Balaban J connectivity index is 2.18. The quantitative estimate of drug-likeness (QED) is 0.756. The first-order valence-corrected chi connectivity index (χ1v) is 6.81. The van der Waals surface area contributed by atoms with Crippen LogP contribution in [0.3, 0.4) is 0 Å². The molecule has 0 saturated carbocycles. The van der Waals surface area contributed by atoms with Crippen LogP contribution in [0, 0.1) is 0 Å². The van der Waals surface area contributed by atoms with Crippen molar-refractivity contribution >= 4 is 18.2 Å². The van der Waals surface area contributed by atoms with E-state index in [1.54, 1.807) is 20.8 Å². The Bertz CT molecular complexity index is 404. The molecule has 120 valence electrons. The van der Waals surface area contributed by atoms with E-state index in [1.165, 1.54) is 4.90 Å². The Morgan fingerprint density at radius 3 is 2.52 bits per heavy atom. The Morgan fingerprint density at radius 1 is 1.33 bits per heavy atom. The van der Waals surface area contributed by atoms with Crippen molar-refractivity contribution in [2.24, 2.45) is 0 Å². The average molecular weight is 302 g/mol. The molecule has 0 bridgehead atoms. The molecule has 0 aromatic heterocycles. The molecule has 0 aromatic rings. The van der Waals surface area contributed by atoms with Crippen molar-refractivity contribution in [2.45, 2.75) is 45.3 Å². The molecule has 21 heavy (non-hydrogen) atoms.